The molecule has 25 heavy (non-hydrogen) atoms. The Balaban J connectivity index is 1.53. The Morgan fingerprint density at radius 3 is 2.60 bits per heavy atom. The molecule has 0 atom stereocenters. The summed E-state index contributed by atoms with van der Waals surface area (Å²) < 4.78 is 15.9. The van der Waals surface area contributed by atoms with E-state index in [0.717, 1.165) is 44.6 Å². The third-order valence-electron chi connectivity index (χ3n) is 5.31. The average molecular weight is 345 g/mol. The predicted molar refractivity (Wildman–Crippen MR) is 94.5 cm³/mol. The molecule has 6 nitrogen and oxygen atoms in total. The SMILES string of the molecule is CC(C)(F)C1CCN(c2cccc3nc(NC(=O)C4CC4)nn23)CC1. The average Bonchev–Trinajstić information content (AvgIpc) is 3.34. The Hall–Kier alpha value is -2.18. The van der Waals surface area contributed by atoms with Crippen LogP contribution in [-0.2, 0) is 4.79 Å². The fourth-order valence-electron chi connectivity index (χ4n) is 3.54. The maximum absolute atomic E-state index is 14.2. The van der Waals surface area contributed by atoms with Crippen molar-refractivity contribution in [2.24, 2.45) is 11.8 Å². The molecule has 1 aliphatic heterocycles. The first-order valence-corrected chi connectivity index (χ1v) is 9.02. The number of carbonyl (C=O) groups excluding carboxylic acids is 1. The molecule has 1 aliphatic carbocycles. The Morgan fingerprint density at radius 1 is 1.24 bits per heavy atom. The van der Waals surface area contributed by atoms with E-state index in [4.69, 9.17) is 0 Å². The van der Waals surface area contributed by atoms with E-state index in [1.165, 1.54) is 0 Å². The molecule has 7 heteroatoms. The summed E-state index contributed by atoms with van der Waals surface area (Å²) in [5.74, 6) is 1.50. The summed E-state index contributed by atoms with van der Waals surface area (Å²) in [6.07, 6.45) is 3.54. The smallest absolute Gasteiger partial charge is 0.249 e. The van der Waals surface area contributed by atoms with Crippen molar-refractivity contribution in [1.29, 1.82) is 0 Å². The fourth-order valence-corrected chi connectivity index (χ4v) is 3.54. The molecule has 0 unspecified atom stereocenters. The number of alkyl halides is 1. The molecule has 3 heterocycles. The van der Waals surface area contributed by atoms with Gasteiger partial charge in [0.1, 0.15) is 11.5 Å². The molecular formula is C18H24FN5O. The molecule has 0 radical (unpaired) electrons. The molecular weight excluding hydrogens is 321 g/mol. The molecule has 2 aromatic rings. The van der Waals surface area contributed by atoms with E-state index < -0.39 is 5.67 Å². The summed E-state index contributed by atoms with van der Waals surface area (Å²) in [6, 6.07) is 5.81. The fraction of sp³-hybridized carbons (Fsp3) is 0.611. The van der Waals surface area contributed by atoms with E-state index in [2.05, 4.69) is 20.3 Å². The molecule has 1 N–H and O–H groups in total. The summed E-state index contributed by atoms with van der Waals surface area (Å²) in [6.45, 7) is 4.92. The van der Waals surface area contributed by atoms with Crippen molar-refractivity contribution in [3.8, 4) is 0 Å². The first-order chi connectivity index (χ1) is 11.9. The van der Waals surface area contributed by atoms with Gasteiger partial charge in [-0.3, -0.25) is 10.1 Å². The van der Waals surface area contributed by atoms with Crippen molar-refractivity contribution in [2.75, 3.05) is 23.3 Å². The monoisotopic (exact) mass is 345 g/mol. The Kier molecular flexibility index (Phi) is 3.89. The minimum absolute atomic E-state index is 0.00319. The van der Waals surface area contributed by atoms with E-state index in [0.29, 0.717) is 11.6 Å². The van der Waals surface area contributed by atoms with Gasteiger partial charge in [-0.25, -0.2) is 4.39 Å². The van der Waals surface area contributed by atoms with Crippen LogP contribution in [0.5, 0.6) is 0 Å². The van der Waals surface area contributed by atoms with Crippen LogP contribution < -0.4 is 10.2 Å². The molecule has 0 aromatic carbocycles. The zero-order valence-electron chi connectivity index (χ0n) is 14.7. The van der Waals surface area contributed by atoms with Crippen molar-refractivity contribution in [2.45, 2.75) is 45.2 Å². The van der Waals surface area contributed by atoms with Crippen LogP contribution in [-0.4, -0.2) is 39.3 Å². The summed E-state index contributed by atoms with van der Waals surface area (Å²) in [5.41, 5.74) is -0.428. The Bertz CT molecular complexity index is 784. The van der Waals surface area contributed by atoms with Crippen LogP contribution in [0.15, 0.2) is 18.2 Å². The van der Waals surface area contributed by atoms with Gasteiger partial charge < -0.3 is 4.90 Å². The molecule has 0 bridgehead atoms. The summed E-state index contributed by atoms with van der Waals surface area (Å²) in [7, 11) is 0. The second kappa shape index (κ2) is 5.97. The molecule has 2 aliphatic rings. The second-order valence-corrected chi connectivity index (χ2v) is 7.68. The van der Waals surface area contributed by atoms with Crippen LogP contribution in [0, 0.1) is 11.8 Å². The highest BCUT2D eigenvalue weighted by Crippen LogP contribution is 2.33. The van der Waals surface area contributed by atoms with Crippen LogP contribution >= 0.6 is 0 Å². The number of hydrogen-bond donors (Lipinski definition) is 1. The van der Waals surface area contributed by atoms with E-state index >= 15 is 0 Å². The number of piperidine rings is 1. The number of rotatable bonds is 4. The van der Waals surface area contributed by atoms with Crippen LogP contribution in [0.2, 0.25) is 0 Å². The lowest BCUT2D eigenvalue weighted by atomic mass is 9.84. The third kappa shape index (κ3) is 3.32. The molecule has 0 spiro atoms. The van der Waals surface area contributed by atoms with Gasteiger partial charge in [-0.1, -0.05) is 6.07 Å². The normalized spacial score (nSPS) is 19.4. The Labute approximate surface area is 146 Å². The zero-order chi connectivity index (χ0) is 17.6. The van der Waals surface area contributed by atoms with Gasteiger partial charge in [-0.15, -0.1) is 5.10 Å². The molecule has 4 rings (SSSR count). The van der Waals surface area contributed by atoms with Crippen LogP contribution in [0.1, 0.15) is 39.5 Å². The van der Waals surface area contributed by atoms with Crippen molar-refractivity contribution in [3.05, 3.63) is 18.2 Å². The van der Waals surface area contributed by atoms with Gasteiger partial charge >= 0.3 is 0 Å². The first kappa shape index (κ1) is 16.3. The van der Waals surface area contributed by atoms with Gasteiger partial charge in [0, 0.05) is 19.0 Å². The number of fused-ring (bicyclic) bond motifs is 1. The van der Waals surface area contributed by atoms with Gasteiger partial charge in [0.15, 0.2) is 5.65 Å². The van der Waals surface area contributed by atoms with Crippen LogP contribution in [0.4, 0.5) is 16.2 Å². The highest BCUT2D eigenvalue weighted by atomic mass is 19.1. The highest BCUT2D eigenvalue weighted by Gasteiger charge is 2.33. The van der Waals surface area contributed by atoms with E-state index in [1.54, 1.807) is 18.4 Å². The first-order valence-electron chi connectivity index (χ1n) is 9.02. The molecule has 2 fully saturated rings. The lowest BCUT2D eigenvalue weighted by molar-refractivity contribution is -0.117. The topological polar surface area (TPSA) is 62.5 Å². The summed E-state index contributed by atoms with van der Waals surface area (Å²) in [4.78, 5) is 18.5. The van der Waals surface area contributed by atoms with Crippen molar-refractivity contribution < 1.29 is 9.18 Å². The Morgan fingerprint density at radius 2 is 1.96 bits per heavy atom. The predicted octanol–water partition coefficient (Wildman–Crippen LogP) is 3.04. The summed E-state index contributed by atoms with van der Waals surface area (Å²) >= 11 is 0. The minimum Gasteiger partial charge on any atom is -0.356 e. The molecule has 1 saturated carbocycles. The standard InChI is InChI=1S/C18H24FN5O/c1-18(2,19)13-8-10-23(11-9-13)15-5-3-4-14-20-17(22-24(14)15)21-16(25)12-6-7-12/h3-5,12-13H,6-11H2,1-2H3,(H,21,22,25). The van der Waals surface area contributed by atoms with E-state index in [-0.39, 0.29) is 17.7 Å². The zero-order valence-corrected chi connectivity index (χ0v) is 14.7. The van der Waals surface area contributed by atoms with Gasteiger partial charge in [0.2, 0.25) is 11.9 Å². The second-order valence-electron chi connectivity index (χ2n) is 7.68. The van der Waals surface area contributed by atoms with E-state index in [1.807, 2.05) is 18.2 Å². The number of carbonyl (C=O) groups is 1. The maximum Gasteiger partial charge on any atom is 0.249 e. The van der Waals surface area contributed by atoms with Gasteiger partial charge in [0.05, 0.1) is 0 Å². The van der Waals surface area contributed by atoms with Crippen molar-refractivity contribution in [1.82, 2.24) is 14.6 Å². The number of amides is 1. The molecule has 134 valence electrons. The molecule has 2 aromatic heterocycles. The van der Waals surface area contributed by atoms with Crippen molar-refractivity contribution >= 4 is 23.3 Å². The number of halogens is 1. The number of hydrogen-bond acceptors (Lipinski definition) is 4. The summed E-state index contributed by atoms with van der Waals surface area (Å²) in [5, 5.41) is 7.26. The minimum atomic E-state index is -1.13. The van der Waals surface area contributed by atoms with Gasteiger partial charge in [-0.05, 0) is 57.6 Å². The van der Waals surface area contributed by atoms with Crippen molar-refractivity contribution in [3.63, 3.8) is 0 Å². The lowest BCUT2D eigenvalue weighted by Gasteiger charge is -2.37. The van der Waals surface area contributed by atoms with Gasteiger partial charge in [-0.2, -0.15) is 9.50 Å². The molecule has 1 amide bonds. The molecule has 1 saturated heterocycles. The number of nitrogens with zero attached hydrogens (tertiary/aromatic N) is 4. The highest BCUT2D eigenvalue weighted by molar-refractivity contribution is 5.92. The third-order valence-corrected chi connectivity index (χ3v) is 5.31. The number of anilines is 2. The number of aromatic nitrogens is 3. The quantitative estimate of drug-likeness (QED) is 0.925. The maximum atomic E-state index is 14.2. The van der Waals surface area contributed by atoms with Crippen LogP contribution in [0.25, 0.3) is 5.65 Å². The van der Waals surface area contributed by atoms with Gasteiger partial charge in [0.25, 0.3) is 0 Å². The number of nitrogens with one attached hydrogen (secondary N) is 1. The largest absolute Gasteiger partial charge is 0.356 e. The van der Waals surface area contributed by atoms with Crippen LogP contribution in [0.3, 0.4) is 0 Å². The lowest BCUT2D eigenvalue weighted by Crippen LogP contribution is -2.40. The van der Waals surface area contributed by atoms with E-state index in [9.17, 15) is 9.18 Å². The number of pyridine rings is 1.